The zero-order valence-electron chi connectivity index (χ0n) is 13.4. The summed E-state index contributed by atoms with van der Waals surface area (Å²) in [4.78, 5) is 28.9. The molecule has 1 heterocycles. The van der Waals surface area contributed by atoms with E-state index in [9.17, 15) is 20.0 Å². The molecule has 1 aromatic carbocycles. The molecule has 0 atom stereocenters. The first-order chi connectivity index (χ1) is 11.3. The Morgan fingerprint density at radius 3 is 2.62 bits per heavy atom. The predicted molar refractivity (Wildman–Crippen MR) is 89.2 cm³/mol. The zero-order chi connectivity index (χ0) is 17.9. The molecule has 0 amide bonds. The van der Waals surface area contributed by atoms with Crippen molar-refractivity contribution in [3.05, 3.63) is 55.7 Å². The summed E-state index contributed by atoms with van der Waals surface area (Å²) < 4.78 is 4.94. The SMILES string of the molecule is COc1cc(/C=C/c2cc(=O)[nH]c(C(C)C)n2)cc([N+](=O)[O-])c1O. The summed E-state index contributed by atoms with van der Waals surface area (Å²) >= 11 is 0. The molecular formula is C16H17N3O5. The van der Waals surface area contributed by atoms with Gasteiger partial charge in [0, 0.05) is 18.1 Å². The van der Waals surface area contributed by atoms with Crippen LogP contribution in [0.3, 0.4) is 0 Å². The Bertz CT molecular complexity index is 855. The van der Waals surface area contributed by atoms with E-state index in [4.69, 9.17) is 4.74 Å². The predicted octanol–water partition coefficient (Wildman–Crippen LogP) is 2.69. The number of aromatic nitrogens is 2. The molecular weight excluding hydrogens is 314 g/mol. The Morgan fingerprint density at radius 1 is 1.33 bits per heavy atom. The fourth-order valence-electron chi connectivity index (χ4n) is 2.04. The van der Waals surface area contributed by atoms with Crippen molar-refractivity contribution in [2.24, 2.45) is 0 Å². The third-order valence-electron chi connectivity index (χ3n) is 3.27. The molecule has 0 radical (unpaired) electrons. The number of phenolic OH excluding ortho intramolecular Hbond substituents is 1. The summed E-state index contributed by atoms with van der Waals surface area (Å²) in [5.41, 5.74) is 0.125. The second-order valence-electron chi connectivity index (χ2n) is 5.39. The van der Waals surface area contributed by atoms with Gasteiger partial charge in [-0.05, 0) is 17.7 Å². The first kappa shape index (κ1) is 17.2. The smallest absolute Gasteiger partial charge is 0.315 e. The van der Waals surface area contributed by atoms with Crippen LogP contribution in [-0.2, 0) is 0 Å². The summed E-state index contributed by atoms with van der Waals surface area (Å²) in [6.07, 6.45) is 3.12. The lowest BCUT2D eigenvalue weighted by Gasteiger charge is -2.06. The van der Waals surface area contributed by atoms with Gasteiger partial charge >= 0.3 is 5.69 Å². The molecule has 8 heteroatoms. The molecule has 0 unspecified atom stereocenters. The molecule has 0 spiro atoms. The summed E-state index contributed by atoms with van der Waals surface area (Å²) in [5, 5.41) is 20.7. The molecule has 0 aliphatic carbocycles. The second-order valence-corrected chi connectivity index (χ2v) is 5.39. The van der Waals surface area contributed by atoms with Crippen LogP contribution in [0.1, 0.15) is 36.8 Å². The van der Waals surface area contributed by atoms with Crippen LogP contribution in [-0.4, -0.2) is 27.1 Å². The molecule has 0 fully saturated rings. The van der Waals surface area contributed by atoms with E-state index in [0.29, 0.717) is 17.1 Å². The Hall–Kier alpha value is -3.16. The van der Waals surface area contributed by atoms with E-state index in [1.54, 1.807) is 12.2 Å². The number of nitrogens with zero attached hydrogens (tertiary/aromatic N) is 2. The van der Waals surface area contributed by atoms with Gasteiger partial charge in [0.25, 0.3) is 5.56 Å². The van der Waals surface area contributed by atoms with Gasteiger partial charge in [-0.1, -0.05) is 19.9 Å². The van der Waals surface area contributed by atoms with Crippen LogP contribution in [0.15, 0.2) is 23.0 Å². The molecule has 0 aliphatic heterocycles. The largest absolute Gasteiger partial charge is 0.500 e. The molecule has 8 nitrogen and oxygen atoms in total. The van der Waals surface area contributed by atoms with Crippen molar-refractivity contribution in [2.45, 2.75) is 19.8 Å². The number of hydrogen-bond donors (Lipinski definition) is 2. The highest BCUT2D eigenvalue weighted by Crippen LogP contribution is 2.37. The van der Waals surface area contributed by atoms with Gasteiger partial charge < -0.3 is 14.8 Å². The van der Waals surface area contributed by atoms with E-state index in [1.165, 1.54) is 25.3 Å². The lowest BCUT2D eigenvalue weighted by molar-refractivity contribution is -0.386. The second kappa shape index (κ2) is 6.95. The molecule has 0 bridgehead atoms. The number of hydrogen-bond acceptors (Lipinski definition) is 6. The maximum Gasteiger partial charge on any atom is 0.315 e. The fourth-order valence-corrected chi connectivity index (χ4v) is 2.04. The number of aromatic hydroxyl groups is 1. The van der Waals surface area contributed by atoms with Gasteiger partial charge in [0.2, 0.25) is 5.75 Å². The van der Waals surface area contributed by atoms with Crippen molar-refractivity contribution < 1.29 is 14.8 Å². The number of H-pyrrole nitrogens is 1. The van der Waals surface area contributed by atoms with E-state index in [2.05, 4.69) is 9.97 Å². The van der Waals surface area contributed by atoms with E-state index in [1.807, 2.05) is 13.8 Å². The van der Waals surface area contributed by atoms with Crippen LogP contribution >= 0.6 is 0 Å². The normalized spacial score (nSPS) is 11.2. The number of phenols is 1. The Morgan fingerprint density at radius 2 is 2.04 bits per heavy atom. The van der Waals surface area contributed by atoms with E-state index < -0.39 is 16.4 Å². The van der Waals surface area contributed by atoms with Gasteiger partial charge in [0.15, 0.2) is 5.75 Å². The van der Waals surface area contributed by atoms with E-state index in [0.717, 1.165) is 0 Å². The van der Waals surface area contributed by atoms with Crippen LogP contribution < -0.4 is 10.3 Å². The lowest BCUT2D eigenvalue weighted by atomic mass is 10.1. The molecule has 0 saturated heterocycles. The van der Waals surface area contributed by atoms with E-state index >= 15 is 0 Å². The van der Waals surface area contributed by atoms with Gasteiger partial charge in [-0.3, -0.25) is 14.9 Å². The van der Waals surface area contributed by atoms with Gasteiger partial charge in [-0.2, -0.15) is 0 Å². The fraction of sp³-hybridized carbons (Fsp3) is 0.250. The van der Waals surface area contributed by atoms with Crippen LogP contribution in [0.2, 0.25) is 0 Å². The van der Waals surface area contributed by atoms with Gasteiger partial charge in [0.1, 0.15) is 5.82 Å². The number of ether oxygens (including phenoxy) is 1. The molecule has 24 heavy (non-hydrogen) atoms. The van der Waals surface area contributed by atoms with Crippen LogP contribution in [0.25, 0.3) is 12.2 Å². The molecule has 2 rings (SSSR count). The average Bonchev–Trinajstić information content (AvgIpc) is 2.53. The van der Waals surface area contributed by atoms with E-state index in [-0.39, 0.29) is 17.2 Å². The third kappa shape index (κ3) is 3.78. The number of nitro benzene ring substituents is 1. The minimum atomic E-state index is -0.697. The average molecular weight is 331 g/mol. The van der Waals surface area contributed by atoms with Crippen LogP contribution in [0.5, 0.6) is 11.5 Å². The highest BCUT2D eigenvalue weighted by molar-refractivity contribution is 5.72. The maximum atomic E-state index is 11.6. The molecule has 2 aromatic rings. The monoisotopic (exact) mass is 331 g/mol. The van der Waals surface area contributed by atoms with Crippen LogP contribution in [0.4, 0.5) is 5.69 Å². The Balaban J connectivity index is 2.44. The summed E-state index contributed by atoms with van der Waals surface area (Å²) in [6, 6.07) is 3.99. The third-order valence-corrected chi connectivity index (χ3v) is 3.27. The van der Waals surface area contributed by atoms with Gasteiger partial charge in [-0.25, -0.2) is 4.98 Å². The maximum absolute atomic E-state index is 11.6. The minimum Gasteiger partial charge on any atom is -0.500 e. The summed E-state index contributed by atoms with van der Waals surface area (Å²) in [5.74, 6) is 0.0685. The Kier molecular flexibility index (Phi) is 4.98. The molecule has 126 valence electrons. The quantitative estimate of drug-likeness (QED) is 0.642. The van der Waals surface area contributed by atoms with Crippen molar-refractivity contribution in [1.29, 1.82) is 0 Å². The summed E-state index contributed by atoms with van der Waals surface area (Å²) in [7, 11) is 1.31. The molecule has 0 saturated carbocycles. The standard InChI is InChI=1S/C16H17N3O5/c1-9(2)16-17-11(8-14(20)18-16)5-4-10-6-12(19(22)23)15(21)13(7-10)24-3/h4-9,21H,1-3H3,(H,17,18,20)/b5-4+. The summed E-state index contributed by atoms with van der Waals surface area (Å²) in [6.45, 7) is 3.81. The van der Waals surface area contributed by atoms with Crippen LogP contribution in [0, 0.1) is 10.1 Å². The number of benzene rings is 1. The highest BCUT2D eigenvalue weighted by atomic mass is 16.6. The van der Waals surface area contributed by atoms with Gasteiger partial charge in [0.05, 0.1) is 17.7 Å². The van der Waals surface area contributed by atoms with Crippen molar-refractivity contribution in [2.75, 3.05) is 7.11 Å². The van der Waals surface area contributed by atoms with Crippen molar-refractivity contribution >= 4 is 17.8 Å². The number of rotatable bonds is 5. The van der Waals surface area contributed by atoms with Crippen molar-refractivity contribution in [3.63, 3.8) is 0 Å². The zero-order valence-corrected chi connectivity index (χ0v) is 13.4. The van der Waals surface area contributed by atoms with Gasteiger partial charge in [-0.15, -0.1) is 0 Å². The highest BCUT2D eigenvalue weighted by Gasteiger charge is 2.19. The molecule has 0 aliphatic rings. The van der Waals surface area contributed by atoms with Crippen molar-refractivity contribution in [1.82, 2.24) is 9.97 Å². The van der Waals surface area contributed by atoms with Crippen molar-refractivity contribution in [3.8, 4) is 11.5 Å². The Labute approximate surface area is 137 Å². The molecule has 2 N–H and O–H groups in total. The number of aromatic amines is 1. The lowest BCUT2D eigenvalue weighted by Crippen LogP contribution is -2.12. The molecule has 1 aromatic heterocycles. The topological polar surface area (TPSA) is 118 Å². The first-order valence-corrected chi connectivity index (χ1v) is 7.16. The number of methoxy groups -OCH3 is 1. The minimum absolute atomic E-state index is 0.00872. The number of nitro groups is 1. The first-order valence-electron chi connectivity index (χ1n) is 7.16. The number of nitrogens with one attached hydrogen (secondary N) is 1.